The Labute approximate surface area is 85.3 Å². The van der Waals surface area contributed by atoms with Crippen molar-refractivity contribution < 1.29 is 0 Å². The summed E-state index contributed by atoms with van der Waals surface area (Å²) in [7, 11) is 2.07. The van der Waals surface area contributed by atoms with E-state index in [2.05, 4.69) is 23.0 Å². The lowest BCUT2D eigenvalue weighted by atomic mass is 10.2. The molecule has 80 valence electrons. The Morgan fingerprint density at radius 3 is 2.93 bits per heavy atom. The third kappa shape index (κ3) is 3.91. The minimum Gasteiger partial charge on any atom is -0.367 e. The van der Waals surface area contributed by atoms with Crippen molar-refractivity contribution in [3.8, 4) is 0 Å². The van der Waals surface area contributed by atoms with E-state index in [1.807, 2.05) is 12.4 Å². The number of hydrogen-bond acceptors (Lipinski definition) is 3. The number of aromatic amines is 1. The van der Waals surface area contributed by atoms with Gasteiger partial charge in [0.1, 0.15) is 0 Å². The number of hydrogen-bond donors (Lipinski definition) is 3. The molecule has 4 nitrogen and oxygen atoms in total. The summed E-state index contributed by atoms with van der Waals surface area (Å²) in [6, 6.07) is 2.18. The van der Waals surface area contributed by atoms with E-state index in [4.69, 9.17) is 11.5 Å². The van der Waals surface area contributed by atoms with Crippen molar-refractivity contribution in [2.45, 2.75) is 12.5 Å². The van der Waals surface area contributed by atoms with E-state index >= 15 is 0 Å². The fourth-order valence-electron chi connectivity index (χ4n) is 1.40. The predicted octanol–water partition coefficient (Wildman–Crippen LogP) is -0.225. The highest BCUT2D eigenvalue weighted by Crippen LogP contribution is 1.98. The van der Waals surface area contributed by atoms with Gasteiger partial charge in [0.2, 0.25) is 0 Å². The first-order chi connectivity index (χ1) is 6.72. The zero-order valence-electron chi connectivity index (χ0n) is 8.74. The maximum Gasteiger partial charge on any atom is 0.0292 e. The summed E-state index contributed by atoms with van der Waals surface area (Å²) in [5, 5.41) is 0. The van der Waals surface area contributed by atoms with Crippen LogP contribution in [0.5, 0.6) is 0 Å². The van der Waals surface area contributed by atoms with Gasteiger partial charge in [0.25, 0.3) is 0 Å². The molecule has 1 aromatic rings. The van der Waals surface area contributed by atoms with Crippen LogP contribution in [0.4, 0.5) is 0 Å². The largest absolute Gasteiger partial charge is 0.367 e. The second kappa shape index (κ2) is 5.80. The lowest BCUT2D eigenvalue weighted by Crippen LogP contribution is -2.41. The summed E-state index contributed by atoms with van der Waals surface area (Å²) in [5.74, 6) is 0. The minimum atomic E-state index is 0.0891. The molecular weight excluding hydrogens is 176 g/mol. The van der Waals surface area contributed by atoms with E-state index in [0.717, 1.165) is 19.5 Å². The molecule has 0 spiro atoms. The van der Waals surface area contributed by atoms with Gasteiger partial charge in [-0.1, -0.05) is 0 Å². The highest BCUT2D eigenvalue weighted by molar-refractivity contribution is 5.08. The Morgan fingerprint density at radius 2 is 2.36 bits per heavy atom. The fourth-order valence-corrected chi connectivity index (χ4v) is 1.40. The van der Waals surface area contributed by atoms with Crippen molar-refractivity contribution in [1.29, 1.82) is 0 Å². The van der Waals surface area contributed by atoms with Crippen molar-refractivity contribution >= 4 is 0 Å². The third-order valence-electron chi connectivity index (χ3n) is 2.29. The van der Waals surface area contributed by atoms with Crippen LogP contribution in [0.1, 0.15) is 5.56 Å². The third-order valence-corrected chi connectivity index (χ3v) is 2.29. The molecule has 1 heterocycles. The summed E-state index contributed by atoms with van der Waals surface area (Å²) in [6.45, 7) is 2.43. The van der Waals surface area contributed by atoms with Gasteiger partial charge in [0.05, 0.1) is 0 Å². The maximum atomic E-state index is 5.75. The summed E-state index contributed by atoms with van der Waals surface area (Å²) in [4.78, 5) is 5.26. The van der Waals surface area contributed by atoms with Crippen LogP contribution in [-0.2, 0) is 6.42 Å². The van der Waals surface area contributed by atoms with E-state index in [-0.39, 0.29) is 6.04 Å². The molecule has 0 bridgehead atoms. The second-order valence-corrected chi connectivity index (χ2v) is 3.73. The van der Waals surface area contributed by atoms with E-state index < -0.39 is 0 Å². The minimum absolute atomic E-state index is 0.0891. The Hall–Kier alpha value is -0.840. The van der Waals surface area contributed by atoms with E-state index in [1.165, 1.54) is 5.56 Å². The first kappa shape index (κ1) is 11.2. The molecule has 0 aliphatic carbocycles. The van der Waals surface area contributed by atoms with Crippen LogP contribution in [0, 0.1) is 0 Å². The summed E-state index contributed by atoms with van der Waals surface area (Å²) in [5.41, 5.74) is 12.5. The van der Waals surface area contributed by atoms with Gasteiger partial charge in [0.15, 0.2) is 0 Å². The molecule has 0 saturated heterocycles. The van der Waals surface area contributed by atoms with Crippen LogP contribution < -0.4 is 11.5 Å². The Morgan fingerprint density at radius 1 is 1.57 bits per heavy atom. The van der Waals surface area contributed by atoms with Crippen molar-refractivity contribution in [1.82, 2.24) is 9.88 Å². The first-order valence-electron chi connectivity index (χ1n) is 4.98. The molecule has 1 unspecified atom stereocenters. The van der Waals surface area contributed by atoms with E-state index in [0.29, 0.717) is 6.54 Å². The molecule has 0 aliphatic heterocycles. The van der Waals surface area contributed by atoms with Gasteiger partial charge >= 0.3 is 0 Å². The lowest BCUT2D eigenvalue weighted by molar-refractivity contribution is 0.316. The van der Waals surface area contributed by atoms with Gasteiger partial charge in [-0.05, 0) is 25.1 Å². The molecule has 0 radical (unpaired) electrons. The normalized spacial score (nSPS) is 13.4. The molecule has 4 heteroatoms. The molecular formula is C10H20N4. The van der Waals surface area contributed by atoms with Gasteiger partial charge in [-0.3, -0.25) is 0 Å². The molecule has 0 fully saturated rings. The van der Waals surface area contributed by atoms with Gasteiger partial charge in [-0.15, -0.1) is 0 Å². The Bertz CT molecular complexity index is 232. The SMILES string of the molecule is CN(CCc1cc[nH]c1)CC(N)CN. The number of H-pyrrole nitrogens is 1. The molecule has 0 aliphatic rings. The smallest absolute Gasteiger partial charge is 0.0292 e. The predicted molar refractivity (Wildman–Crippen MR) is 59.0 cm³/mol. The van der Waals surface area contributed by atoms with Crippen molar-refractivity contribution in [2.24, 2.45) is 11.5 Å². The number of nitrogens with zero attached hydrogens (tertiary/aromatic N) is 1. The number of likely N-dealkylation sites (N-methyl/N-ethyl adjacent to an activating group) is 1. The zero-order chi connectivity index (χ0) is 10.4. The van der Waals surface area contributed by atoms with Gasteiger partial charge in [-0.2, -0.15) is 0 Å². The van der Waals surface area contributed by atoms with Gasteiger partial charge < -0.3 is 21.4 Å². The van der Waals surface area contributed by atoms with E-state index in [9.17, 15) is 0 Å². The topological polar surface area (TPSA) is 71.1 Å². The van der Waals surface area contributed by atoms with Crippen LogP contribution in [0.25, 0.3) is 0 Å². The van der Waals surface area contributed by atoms with Gasteiger partial charge in [-0.25, -0.2) is 0 Å². The quantitative estimate of drug-likeness (QED) is 0.589. The average Bonchev–Trinajstić information content (AvgIpc) is 2.67. The summed E-state index contributed by atoms with van der Waals surface area (Å²) >= 11 is 0. The van der Waals surface area contributed by atoms with Crippen LogP contribution in [0.15, 0.2) is 18.5 Å². The monoisotopic (exact) mass is 196 g/mol. The number of aromatic nitrogens is 1. The molecule has 0 amide bonds. The zero-order valence-corrected chi connectivity index (χ0v) is 8.74. The molecule has 1 atom stereocenters. The van der Waals surface area contributed by atoms with Gasteiger partial charge in [0, 0.05) is 38.1 Å². The van der Waals surface area contributed by atoms with E-state index in [1.54, 1.807) is 0 Å². The number of nitrogens with one attached hydrogen (secondary N) is 1. The second-order valence-electron chi connectivity index (χ2n) is 3.73. The lowest BCUT2D eigenvalue weighted by Gasteiger charge is -2.19. The Kier molecular flexibility index (Phi) is 4.65. The number of nitrogens with two attached hydrogens (primary N) is 2. The molecule has 1 rings (SSSR count). The number of rotatable bonds is 6. The first-order valence-corrected chi connectivity index (χ1v) is 4.98. The summed E-state index contributed by atoms with van der Waals surface area (Å²) < 4.78 is 0. The molecule has 1 aromatic heterocycles. The highest BCUT2D eigenvalue weighted by Gasteiger charge is 2.04. The molecule has 0 saturated carbocycles. The molecule has 0 aromatic carbocycles. The van der Waals surface area contributed by atoms with Crippen molar-refractivity contribution in [3.05, 3.63) is 24.0 Å². The van der Waals surface area contributed by atoms with Crippen LogP contribution in [-0.4, -0.2) is 42.6 Å². The fraction of sp³-hybridized carbons (Fsp3) is 0.600. The molecule has 14 heavy (non-hydrogen) atoms. The van der Waals surface area contributed by atoms with Crippen LogP contribution >= 0.6 is 0 Å². The standard InChI is InChI=1S/C10H20N4/c1-14(8-10(12)6-11)5-3-9-2-4-13-7-9/h2,4,7,10,13H,3,5-6,8,11-12H2,1H3. The average molecular weight is 196 g/mol. The van der Waals surface area contributed by atoms with Crippen molar-refractivity contribution in [3.63, 3.8) is 0 Å². The van der Waals surface area contributed by atoms with Crippen LogP contribution in [0.2, 0.25) is 0 Å². The highest BCUT2D eigenvalue weighted by atomic mass is 15.1. The molecule has 5 N–H and O–H groups in total. The van der Waals surface area contributed by atoms with Crippen molar-refractivity contribution in [2.75, 3.05) is 26.7 Å². The summed E-state index contributed by atoms with van der Waals surface area (Å²) in [6.07, 6.45) is 5.02. The van der Waals surface area contributed by atoms with Crippen LogP contribution in [0.3, 0.4) is 0 Å². The Balaban J connectivity index is 2.18. The maximum absolute atomic E-state index is 5.75.